The fourth-order valence-corrected chi connectivity index (χ4v) is 1.68. The minimum Gasteiger partial charge on any atom is -0.363 e. The van der Waals surface area contributed by atoms with Gasteiger partial charge in [-0.2, -0.15) is 0 Å². The first kappa shape index (κ1) is 8.51. The first-order chi connectivity index (χ1) is 6.16. The third-order valence-corrected chi connectivity index (χ3v) is 2.41. The monoisotopic (exact) mass is 177 g/mol. The van der Waals surface area contributed by atoms with Crippen LogP contribution in [-0.2, 0) is 13.1 Å². The molecule has 2 rings (SSSR count). The van der Waals surface area contributed by atoms with E-state index < -0.39 is 0 Å². The van der Waals surface area contributed by atoms with Crippen LogP contribution in [0.3, 0.4) is 0 Å². The number of pyridine rings is 1. The highest BCUT2D eigenvalue weighted by Gasteiger charge is 2.16. The van der Waals surface area contributed by atoms with Gasteiger partial charge in [0.25, 0.3) is 0 Å². The zero-order valence-corrected chi connectivity index (χ0v) is 8.41. The van der Waals surface area contributed by atoms with Crippen LogP contribution >= 0.6 is 0 Å². The van der Waals surface area contributed by atoms with Crippen molar-refractivity contribution in [1.82, 2.24) is 9.88 Å². The number of nitrogens with zero attached hydrogens (tertiary/aromatic N) is 3. The van der Waals surface area contributed by atoms with Crippen LogP contribution in [0, 0.1) is 0 Å². The third kappa shape index (κ3) is 1.52. The lowest BCUT2D eigenvalue weighted by Gasteiger charge is -2.11. The van der Waals surface area contributed by atoms with Gasteiger partial charge in [-0.15, -0.1) is 0 Å². The van der Waals surface area contributed by atoms with Crippen LogP contribution in [0.25, 0.3) is 0 Å². The van der Waals surface area contributed by atoms with E-state index in [4.69, 9.17) is 0 Å². The van der Waals surface area contributed by atoms with E-state index in [2.05, 4.69) is 23.0 Å². The van der Waals surface area contributed by atoms with E-state index in [1.54, 1.807) is 0 Å². The molecule has 70 valence electrons. The van der Waals surface area contributed by atoms with E-state index in [0.717, 1.165) is 18.9 Å². The van der Waals surface area contributed by atoms with Gasteiger partial charge in [0, 0.05) is 33.4 Å². The normalized spacial score (nSPS) is 15.9. The maximum absolute atomic E-state index is 4.38. The summed E-state index contributed by atoms with van der Waals surface area (Å²) in [5.41, 5.74) is 2.79. The second kappa shape index (κ2) is 3.00. The van der Waals surface area contributed by atoms with Gasteiger partial charge < -0.3 is 4.90 Å². The maximum Gasteiger partial charge on any atom is 0.128 e. The van der Waals surface area contributed by atoms with E-state index in [0.29, 0.717) is 0 Å². The van der Waals surface area contributed by atoms with Gasteiger partial charge in [-0.1, -0.05) is 0 Å². The average molecular weight is 177 g/mol. The lowest BCUT2D eigenvalue weighted by atomic mass is 10.2. The molecule has 0 fully saturated rings. The predicted octanol–water partition coefficient (Wildman–Crippen LogP) is 1.09. The molecule has 0 N–H and O–H groups in total. The minimum atomic E-state index is 1.04. The first-order valence-corrected chi connectivity index (χ1v) is 4.50. The number of hydrogen-bond donors (Lipinski definition) is 0. The van der Waals surface area contributed by atoms with Gasteiger partial charge in [0.05, 0.1) is 0 Å². The summed E-state index contributed by atoms with van der Waals surface area (Å²) in [4.78, 5) is 8.72. The summed E-state index contributed by atoms with van der Waals surface area (Å²) in [6.45, 7) is 2.09. The Morgan fingerprint density at radius 1 is 1.31 bits per heavy atom. The SMILES string of the molecule is CN1Cc2cnc(N(C)C)cc2C1. The summed E-state index contributed by atoms with van der Waals surface area (Å²) in [6, 6.07) is 2.18. The third-order valence-electron chi connectivity index (χ3n) is 2.41. The maximum atomic E-state index is 4.38. The standard InChI is InChI=1S/C10H15N3/c1-12(2)10-4-8-6-13(3)7-9(8)5-11-10/h4-5H,6-7H2,1-3H3. The molecule has 1 aliphatic rings. The molecule has 1 aromatic heterocycles. The van der Waals surface area contributed by atoms with Crippen molar-refractivity contribution in [2.45, 2.75) is 13.1 Å². The van der Waals surface area contributed by atoms with Gasteiger partial charge in [0.15, 0.2) is 0 Å². The van der Waals surface area contributed by atoms with Gasteiger partial charge >= 0.3 is 0 Å². The Labute approximate surface area is 79.0 Å². The van der Waals surface area contributed by atoms with Crippen molar-refractivity contribution in [3.05, 3.63) is 23.4 Å². The second-order valence-electron chi connectivity index (χ2n) is 3.88. The quantitative estimate of drug-likeness (QED) is 0.640. The molecule has 2 heterocycles. The Hall–Kier alpha value is -1.09. The van der Waals surface area contributed by atoms with E-state index >= 15 is 0 Å². The Morgan fingerprint density at radius 2 is 2.00 bits per heavy atom. The zero-order valence-electron chi connectivity index (χ0n) is 8.41. The van der Waals surface area contributed by atoms with Crippen molar-refractivity contribution in [3.63, 3.8) is 0 Å². The molecule has 0 saturated heterocycles. The van der Waals surface area contributed by atoms with Crippen molar-refractivity contribution in [2.24, 2.45) is 0 Å². The Morgan fingerprint density at radius 3 is 2.69 bits per heavy atom. The number of anilines is 1. The van der Waals surface area contributed by atoms with E-state index in [1.807, 2.05) is 25.2 Å². The molecule has 0 bridgehead atoms. The van der Waals surface area contributed by atoms with E-state index in [1.165, 1.54) is 11.1 Å². The summed E-state index contributed by atoms with van der Waals surface area (Å²) in [5, 5.41) is 0. The smallest absolute Gasteiger partial charge is 0.128 e. The highest BCUT2D eigenvalue weighted by molar-refractivity contribution is 5.43. The molecule has 0 aromatic carbocycles. The van der Waals surface area contributed by atoms with Crippen molar-refractivity contribution < 1.29 is 0 Å². The molecule has 3 heteroatoms. The Bertz CT molecular complexity index is 320. The van der Waals surface area contributed by atoms with Gasteiger partial charge in [-0.05, 0) is 24.2 Å². The molecule has 13 heavy (non-hydrogen) atoms. The fourth-order valence-electron chi connectivity index (χ4n) is 1.68. The summed E-state index contributed by atoms with van der Waals surface area (Å²) in [7, 11) is 6.18. The molecule has 0 atom stereocenters. The van der Waals surface area contributed by atoms with Gasteiger partial charge in [0.1, 0.15) is 5.82 Å². The van der Waals surface area contributed by atoms with Crippen molar-refractivity contribution in [2.75, 3.05) is 26.0 Å². The van der Waals surface area contributed by atoms with Crippen LogP contribution in [0.1, 0.15) is 11.1 Å². The van der Waals surface area contributed by atoms with E-state index in [9.17, 15) is 0 Å². The number of fused-ring (bicyclic) bond motifs is 1. The number of aromatic nitrogens is 1. The summed E-state index contributed by atoms with van der Waals surface area (Å²) in [5.74, 6) is 1.05. The largest absolute Gasteiger partial charge is 0.363 e. The van der Waals surface area contributed by atoms with Crippen molar-refractivity contribution >= 4 is 5.82 Å². The summed E-state index contributed by atoms with van der Waals surface area (Å²) in [6.07, 6.45) is 1.99. The highest BCUT2D eigenvalue weighted by atomic mass is 15.1. The lowest BCUT2D eigenvalue weighted by molar-refractivity contribution is 0.353. The molecule has 0 spiro atoms. The number of rotatable bonds is 1. The van der Waals surface area contributed by atoms with Crippen molar-refractivity contribution in [1.29, 1.82) is 0 Å². The molecule has 0 aliphatic carbocycles. The number of hydrogen-bond acceptors (Lipinski definition) is 3. The van der Waals surface area contributed by atoms with Crippen LogP contribution in [0.5, 0.6) is 0 Å². The van der Waals surface area contributed by atoms with Crippen LogP contribution in [0.2, 0.25) is 0 Å². The molecular formula is C10H15N3. The van der Waals surface area contributed by atoms with Gasteiger partial charge in [0.2, 0.25) is 0 Å². The van der Waals surface area contributed by atoms with Gasteiger partial charge in [-0.25, -0.2) is 4.98 Å². The molecule has 0 amide bonds. The summed E-state index contributed by atoms with van der Waals surface area (Å²) >= 11 is 0. The molecule has 0 unspecified atom stereocenters. The molecule has 0 saturated carbocycles. The Kier molecular flexibility index (Phi) is 1.96. The average Bonchev–Trinajstić information content (AvgIpc) is 2.42. The Balaban J connectivity index is 2.35. The molecule has 1 aromatic rings. The molecule has 1 aliphatic heterocycles. The molecule has 0 radical (unpaired) electrons. The molecular weight excluding hydrogens is 162 g/mol. The van der Waals surface area contributed by atoms with E-state index in [-0.39, 0.29) is 0 Å². The second-order valence-corrected chi connectivity index (χ2v) is 3.88. The van der Waals surface area contributed by atoms with Crippen molar-refractivity contribution in [3.8, 4) is 0 Å². The topological polar surface area (TPSA) is 19.4 Å². The van der Waals surface area contributed by atoms with Crippen LogP contribution in [-0.4, -0.2) is 31.0 Å². The zero-order chi connectivity index (χ0) is 9.42. The first-order valence-electron chi connectivity index (χ1n) is 4.50. The predicted molar refractivity (Wildman–Crippen MR) is 53.7 cm³/mol. The van der Waals surface area contributed by atoms with Crippen LogP contribution in [0.15, 0.2) is 12.3 Å². The van der Waals surface area contributed by atoms with Crippen LogP contribution < -0.4 is 4.90 Å². The lowest BCUT2D eigenvalue weighted by Crippen LogP contribution is -2.10. The van der Waals surface area contributed by atoms with Gasteiger partial charge in [-0.3, -0.25) is 4.90 Å². The highest BCUT2D eigenvalue weighted by Crippen LogP contribution is 2.23. The minimum absolute atomic E-state index is 1.04. The molecule has 3 nitrogen and oxygen atoms in total. The van der Waals surface area contributed by atoms with Crippen LogP contribution in [0.4, 0.5) is 5.82 Å². The summed E-state index contributed by atoms with van der Waals surface area (Å²) < 4.78 is 0. The fraction of sp³-hybridized carbons (Fsp3) is 0.500.